The van der Waals surface area contributed by atoms with Gasteiger partial charge in [-0.05, 0) is 25.7 Å². The van der Waals surface area contributed by atoms with Crippen LogP contribution in [0, 0.1) is 12.8 Å². The SMILES string of the molecule is Cc1nc(C(=O)N2CC[C@@H]3[C@@H](CCC(=O)N3CCc3cnc[nH]3)C2)cs1. The Morgan fingerprint density at radius 1 is 1.42 bits per heavy atom. The molecule has 1 N–H and O–H groups in total. The van der Waals surface area contributed by atoms with Crippen LogP contribution in [0.25, 0.3) is 0 Å². The maximum atomic E-state index is 12.7. The lowest BCUT2D eigenvalue weighted by Crippen LogP contribution is -2.57. The number of rotatable bonds is 4. The third kappa shape index (κ3) is 3.38. The van der Waals surface area contributed by atoms with Crippen LogP contribution >= 0.6 is 11.3 Å². The smallest absolute Gasteiger partial charge is 0.273 e. The van der Waals surface area contributed by atoms with Gasteiger partial charge in [0.2, 0.25) is 5.91 Å². The predicted octanol–water partition coefficient (Wildman–Crippen LogP) is 1.87. The number of nitrogens with one attached hydrogen (secondary N) is 1. The Morgan fingerprint density at radius 3 is 3.04 bits per heavy atom. The summed E-state index contributed by atoms with van der Waals surface area (Å²) in [5.41, 5.74) is 1.60. The van der Waals surface area contributed by atoms with Crippen molar-refractivity contribution in [1.29, 1.82) is 0 Å². The predicted molar refractivity (Wildman–Crippen MR) is 97.9 cm³/mol. The zero-order chi connectivity index (χ0) is 18.1. The van der Waals surface area contributed by atoms with Gasteiger partial charge in [-0.2, -0.15) is 0 Å². The van der Waals surface area contributed by atoms with Gasteiger partial charge in [-0.1, -0.05) is 0 Å². The van der Waals surface area contributed by atoms with E-state index >= 15 is 0 Å². The number of hydrogen-bond acceptors (Lipinski definition) is 5. The molecule has 26 heavy (non-hydrogen) atoms. The first-order chi connectivity index (χ1) is 12.6. The third-order valence-corrected chi connectivity index (χ3v) is 6.22. The number of carbonyl (C=O) groups is 2. The fourth-order valence-corrected chi connectivity index (χ4v) is 4.70. The number of aromatic amines is 1. The number of amides is 2. The molecule has 2 aromatic rings. The molecule has 2 saturated heterocycles. The van der Waals surface area contributed by atoms with Crippen molar-refractivity contribution in [1.82, 2.24) is 24.8 Å². The number of aromatic nitrogens is 3. The number of aryl methyl sites for hydroxylation is 1. The number of likely N-dealkylation sites (tertiary alicyclic amines) is 2. The maximum absolute atomic E-state index is 12.7. The number of imidazole rings is 1. The van der Waals surface area contributed by atoms with Gasteiger partial charge in [0.05, 0.1) is 11.3 Å². The molecular weight excluding hydrogens is 350 g/mol. The van der Waals surface area contributed by atoms with Crippen molar-refractivity contribution in [3.8, 4) is 0 Å². The highest BCUT2D eigenvalue weighted by molar-refractivity contribution is 7.09. The van der Waals surface area contributed by atoms with E-state index in [-0.39, 0.29) is 17.9 Å². The van der Waals surface area contributed by atoms with Crippen LogP contribution in [0.15, 0.2) is 17.9 Å². The quantitative estimate of drug-likeness (QED) is 0.887. The maximum Gasteiger partial charge on any atom is 0.273 e. The first-order valence-electron chi connectivity index (χ1n) is 9.10. The summed E-state index contributed by atoms with van der Waals surface area (Å²) in [5.74, 6) is 0.612. The molecule has 0 bridgehead atoms. The Balaban J connectivity index is 1.41. The van der Waals surface area contributed by atoms with Crippen LogP contribution in [-0.2, 0) is 11.2 Å². The number of piperidine rings is 2. The van der Waals surface area contributed by atoms with E-state index in [0.29, 0.717) is 37.7 Å². The van der Waals surface area contributed by atoms with Crippen molar-refractivity contribution >= 4 is 23.2 Å². The van der Waals surface area contributed by atoms with E-state index in [4.69, 9.17) is 0 Å². The molecule has 0 aliphatic carbocycles. The van der Waals surface area contributed by atoms with Gasteiger partial charge in [0, 0.05) is 55.8 Å². The Labute approximate surface area is 156 Å². The highest BCUT2D eigenvalue weighted by atomic mass is 32.1. The monoisotopic (exact) mass is 373 g/mol. The van der Waals surface area contributed by atoms with Crippen LogP contribution in [0.1, 0.15) is 40.5 Å². The molecule has 4 heterocycles. The second-order valence-corrected chi connectivity index (χ2v) is 8.13. The van der Waals surface area contributed by atoms with Crippen molar-refractivity contribution in [2.24, 2.45) is 5.92 Å². The van der Waals surface area contributed by atoms with Gasteiger partial charge in [-0.3, -0.25) is 9.59 Å². The lowest BCUT2D eigenvalue weighted by atomic mass is 9.83. The summed E-state index contributed by atoms with van der Waals surface area (Å²) in [6.45, 7) is 4.03. The van der Waals surface area contributed by atoms with E-state index in [1.165, 1.54) is 11.3 Å². The molecule has 2 aliphatic heterocycles. The van der Waals surface area contributed by atoms with Gasteiger partial charge < -0.3 is 14.8 Å². The standard InChI is InChI=1S/C18H23N5O2S/c1-12-21-15(10-26-12)18(25)22-6-5-16-13(9-22)2-3-17(24)23(16)7-4-14-8-19-11-20-14/h8,10-11,13,16H,2-7,9H2,1H3,(H,19,20)/t13-,16+/m0/s1. The molecule has 2 amide bonds. The molecule has 2 aliphatic rings. The number of H-pyrrole nitrogens is 1. The Morgan fingerprint density at radius 2 is 2.31 bits per heavy atom. The number of fused-ring (bicyclic) bond motifs is 1. The average Bonchev–Trinajstić information content (AvgIpc) is 3.31. The molecule has 4 rings (SSSR count). The molecule has 0 saturated carbocycles. The summed E-state index contributed by atoms with van der Waals surface area (Å²) < 4.78 is 0. The summed E-state index contributed by atoms with van der Waals surface area (Å²) in [7, 11) is 0. The number of hydrogen-bond donors (Lipinski definition) is 1. The number of thiazole rings is 1. The van der Waals surface area contributed by atoms with Crippen molar-refractivity contribution in [2.45, 2.75) is 38.6 Å². The molecule has 7 nitrogen and oxygen atoms in total. The van der Waals surface area contributed by atoms with Crippen molar-refractivity contribution in [3.63, 3.8) is 0 Å². The van der Waals surface area contributed by atoms with Gasteiger partial charge in [-0.15, -0.1) is 11.3 Å². The van der Waals surface area contributed by atoms with Gasteiger partial charge in [0.25, 0.3) is 5.91 Å². The largest absolute Gasteiger partial charge is 0.348 e. The summed E-state index contributed by atoms with van der Waals surface area (Å²) >= 11 is 1.51. The molecule has 2 fully saturated rings. The fraction of sp³-hybridized carbons (Fsp3) is 0.556. The molecule has 0 unspecified atom stereocenters. The van der Waals surface area contributed by atoms with Crippen LogP contribution in [-0.4, -0.2) is 62.2 Å². The summed E-state index contributed by atoms with van der Waals surface area (Å²) in [6, 6.07) is 0.236. The average molecular weight is 373 g/mol. The van der Waals surface area contributed by atoms with Gasteiger partial charge in [0.1, 0.15) is 5.69 Å². The molecule has 0 radical (unpaired) electrons. The minimum Gasteiger partial charge on any atom is -0.348 e. The lowest BCUT2D eigenvalue weighted by molar-refractivity contribution is -0.140. The van der Waals surface area contributed by atoms with E-state index < -0.39 is 0 Å². The highest BCUT2D eigenvalue weighted by Gasteiger charge is 2.40. The molecule has 0 spiro atoms. The minimum atomic E-state index is 0.0220. The second kappa shape index (κ2) is 7.19. The minimum absolute atomic E-state index is 0.0220. The normalized spacial score (nSPS) is 23.2. The van der Waals surface area contributed by atoms with E-state index in [1.807, 2.05) is 28.3 Å². The summed E-state index contributed by atoms with van der Waals surface area (Å²) in [4.78, 5) is 40.6. The lowest BCUT2D eigenvalue weighted by Gasteiger charge is -2.47. The Hall–Kier alpha value is -2.22. The van der Waals surface area contributed by atoms with Crippen LogP contribution in [0.3, 0.4) is 0 Å². The topological polar surface area (TPSA) is 82.2 Å². The molecule has 2 aromatic heterocycles. The van der Waals surface area contributed by atoms with E-state index in [0.717, 1.165) is 30.0 Å². The summed E-state index contributed by atoms with van der Waals surface area (Å²) in [6.07, 6.45) is 6.54. The zero-order valence-electron chi connectivity index (χ0n) is 14.9. The molecule has 2 atom stereocenters. The van der Waals surface area contributed by atoms with Crippen LogP contribution in [0.5, 0.6) is 0 Å². The summed E-state index contributed by atoms with van der Waals surface area (Å²) in [5, 5.41) is 2.75. The first kappa shape index (κ1) is 17.2. The van der Waals surface area contributed by atoms with Crippen molar-refractivity contribution in [3.05, 3.63) is 34.3 Å². The van der Waals surface area contributed by atoms with Crippen LogP contribution in [0.2, 0.25) is 0 Å². The highest BCUT2D eigenvalue weighted by Crippen LogP contribution is 2.32. The number of carbonyl (C=O) groups excluding carboxylic acids is 2. The van der Waals surface area contributed by atoms with E-state index in [9.17, 15) is 9.59 Å². The second-order valence-electron chi connectivity index (χ2n) is 7.07. The van der Waals surface area contributed by atoms with Gasteiger partial charge >= 0.3 is 0 Å². The van der Waals surface area contributed by atoms with Crippen molar-refractivity contribution < 1.29 is 9.59 Å². The van der Waals surface area contributed by atoms with Crippen molar-refractivity contribution in [2.75, 3.05) is 19.6 Å². The first-order valence-corrected chi connectivity index (χ1v) is 9.98. The molecular formula is C18H23N5O2S. The fourth-order valence-electron chi connectivity index (χ4n) is 4.11. The molecule has 0 aromatic carbocycles. The third-order valence-electron chi connectivity index (χ3n) is 5.45. The van der Waals surface area contributed by atoms with Gasteiger partial charge in [-0.25, -0.2) is 9.97 Å². The van der Waals surface area contributed by atoms with E-state index in [1.54, 1.807) is 6.33 Å². The zero-order valence-corrected chi connectivity index (χ0v) is 15.7. The Bertz CT molecular complexity index is 787. The van der Waals surface area contributed by atoms with Crippen LogP contribution < -0.4 is 0 Å². The number of nitrogens with zero attached hydrogens (tertiary/aromatic N) is 4. The molecule has 8 heteroatoms. The Kier molecular flexibility index (Phi) is 4.76. The van der Waals surface area contributed by atoms with Crippen LogP contribution in [0.4, 0.5) is 0 Å². The molecule has 138 valence electrons. The van der Waals surface area contributed by atoms with Gasteiger partial charge in [0.15, 0.2) is 0 Å². The van der Waals surface area contributed by atoms with E-state index in [2.05, 4.69) is 15.0 Å².